The predicted molar refractivity (Wildman–Crippen MR) is 98.0 cm³/mol. The average Bonchev–Trinajstić information content (AvgIpc) is 3.51. The quantitative estimate of drug-likeness (QED) is 0.555. The fraction of sp³-hybridized carbons (Fsp3) is 0.476. The molecular formula is C21H19F3N2O4. The van der Waals surface area contributed by atoms with Crippen LogP contribution in [0.1, 0.15) is 6.42 Å². The Balaban J connectivity index is 1.45. The van der Waals surface area contributed by atoms with Gasteiger partial charge < -0.3 is 4.74 Å². The van der Waals surface area contributed by atoms with Gasteiger partial charge in [-0.1, -0.05) is 12.2 Å². The maximum absolute atomic E-state index is 13.3. The van der Waals surface area contributed by atoms with Crippen LogP contribution < -0.4 is 9.64 Å². The van der Waals surface area contributed by atoms with E-state index in [0.717, 1.165) is 11.3 Å². The van der Waals surface area contributed by atoms with Gasteiger partial charge in [-0.3, -0.25) is 24.2 Å². The molecule has 3 amide bonds. The van der Waals surface area contributed by atoms with E-state index >= 15 is 0 Å². The number of amides is 3. The number of methoxy groups -OCH3 is 1. The third kappa shape index (κ3) is 2.67. The second-order valence-electron chi connectivity index (χ2n) is 8.33. The standard InChI is InChI=1S/C21H19F3N2O4/c1-30-11-4-2-10(3-5-11)25(20(29)21(22,23)24)9-26-18(27)16-12-6-7-13(15-8-14(12)15)17(16)19(26)28/h2-7,12-17H,8-9H2,1H3/t12-,13-,14-,15-,16-,17+/m1/s1. The Morgan fingerprint density at radius 1 is 1.07 bits per heavy atom. The van der Waals surface area contributed by atoms with Crippen LogP contribution in [-0.2, 0) is 14.4 Å². The highest BCUT2D eigenvalue weighted by atomic mass is 19.4. The molecule has 6 nitrogen and oxygen atoms in total. The zero-order valence-corrected chi connectivity index (χ0v) is 16.0. The number of rotatable bonds is 4. The summed E-state index contributed by atoms with van der Waals surface area (Å²) >= 11 is 0. The van der Waals surface area contributed by atoms with Crippen LogP contribution in [0.15, 0.2) is 36.4 Å². The maximum Gasteiger partial charge on any atom is 0.471 e. The Kier molecular flexibility index (Phi) is 4.04. The fourth-order valence-corrected chi connectivity index (χ4v) is 5.48. The van der Waals surface area contributed by atoms with Gasteiger partial charge in [0, 0.05) is 5.69 Å². The molecule has 2 bridgehead atoms. The molecule has 4 aliphatic carbocycles. The van der Waals surface area contributed by atoms with Crippen LogP contribution in [0.5, 0.6) is 5.75 Å². The number of allylic oxidation sites excluding steroid dienone is 2. The van der Waals surface area contributed by atoms with Gasteiger partial charge in [0.05, 0.1) is 18.9 Å². The first-order chi connectivity index (χ1) is 14.2. The van der Waals surface area contributed by atoms with E-state index in [9.17, 15) is 27.6 Å². The van der Waals surface area contributed by atoms with Crippen LogP contribution in [-0.4, -0.2) is 42.6 Å². The van der Waals surface area contributed by atoms with E-state index in [1.54, 1.807) is 0 Å². The number of halogens is 3. The number of ether oxygens (including phenoxy) is 1. The molecule has 2 saturated carbocycles. The fourth-order valence-electron chi connectivity index (χ4n) is 5.48. The molecule has 0 aromatic heterocycles. The van der Waals surface area contributed by atoms with E-state index in [1.807, 2.05) is 12.2 Å². The molecule has 9 heteroatoms. The highest BCUT2D eigenvalue weighted by molar-refractivity contribution is 6.07. The summed E-state index contributed by atoms with van der Waals surface area (Å²) in [6.07, 6.45) is -0.200. The smallest absolute Gasteiger partial charge is 0.471 e. The van der Waals surface area contributed by atoms with Crippen molar-refractivity contribution >= 4 is 23.4 Å². The number of likely N-dealkylation sites (tertiary alicyclic amines) is 1. The Morgan fingerprint density at radius 3 is 2.07 bits per heavy atom. The monoisotopic (exact) mass is 420 g/mol. The zero-order valence-electron chi connectivity index (χ0n) is 16.0. The molecule has 158 valence electrons. The minimum absolute atomic E-state index is 0.0424. The third-order valence-electron chi connectivity index (χ3n) is 6.91. The number of anilines is 1. The minimum Gasteiger partial charge on any atom is -0.497 e. The van der Waals surface area contributed by atoms with E-state index in [-0.39, 0.29) is 17.5 Å². The average molecular weight is 420 g/mol. The van der Waals surface area contributed by atoms with E-state index in [2.05, 4.69) is 0 Å². The summed E-state index contributed by atoms with van der Waals surface area (Å²) in [6.45, 7) is -0.760. The van der Waals surface area contributed by atoms with Crippen molar-refractivity contribution in [3.63, 3.8) is 0 Å². The first-order valence-corrected chi connectivity index (χ1v) is 9.78. The highest BCUT2D eigenvalue weighted by Gasteiger charge is 2.67. The summed E-state index contributed by atoms with van der Waals surface area (Å²) in [5, 5.41) is 0. The molecule has 1 saturated heterocycles. The van der Waals surface area contributed by atoms with Crippen molar-refractivity contribution in [2.24, 2.45) is 35.5 Å². The van der Waals surface area contributed by atoms with Gasteiger partial charge in [0.25, 0.3) is 0 Å². The molecule has 0 radical (unpaired) electrons. The summed E-state index contributed by atoms with van der Waals surface area (Å²) in [7, 11) is 1.41. The molecule has 1 heterocycles. The van der Waals surface area contributed by atoms with Crippen molar-refractivity contribution in [1.29, 1.82) is 0 Å². The molecule has 30 heavy (non-hydrogen) atoms. The van der Waals surface area contributed by atoms with Gasteiger partial charge >= 0.3 is 12.1 Å². The summed E-state index contributed by atoms with van der Waals surface area (Å²) in [6, 6.07) is 5.41. The summed E-state index contributed by atoms with van der Waals surface area (Å²) < 4.78 is 44.8. The van der Waals surface area contributed by atoms with Crippen LogP contribution in [0.25, 0.3) is 0 Å². The summed E-state index contributed by atoms with van der Waals surface area (Å²) in [5.74, 6) is -3.08. The molecule has 1 aromatic carbocycles. The van der Waals surface area contributed by atoms with Gasteiger partial charge in [0.1, 0.15) is 12.4 Å². The van der Waals surface area contributed by atoms with Crippen molar-refractivity contribution in [2.75, 3.05) is 18.7 Å². The van der Waals surface area contributed by atoms with Gasteiger partial charge in [0.2, 0.25) is 11.8 Å². The van der Waals surface area contributed by atoms with Crippen LogP contribution in [0.4, 0.5) is 18.9 Å². The van der Waals surface area contributed by atoms with E-state index < -0.39 is 42.4 Å². The SMILES string of the molecule is COc1ccc(N(CN2C(=O)[C@@H]3[C@@H]4C=C[C@H]([C@H]5C[C@H]45)[C@@H]3C2=O)C(=O)C(F)(F)F)cc1. The maximum atomic E-state index is 13.3. The predicted octanol–water partition coefficient (Wildman–Crippen LogP) is 2.60. The van der Waals surface area contributed by atoms with Crippen molar-refractivity contribution in [2.45, 2.75) is 12.6 Å². The second-order valence-corrected chi connectivity index (χ2v) is 8.33. The Hall–Kier alpha value is -2.84. The lowest BCUT2D eigenvalue weighted by Gasteiger charge is -2.37. The van der Waals surface area contributed by atoms with Crippen LogP contribution in [0, 0.1) is 35.5 Å². The number of hydrogen-bond donors (Lipinski definition) is 0. The molecule has 6 atom stereocenters. The number of nitrogens with zero attached hydrogens (tertiary/aromatic N) is 2. The number of imide groups is 1. The van der Waals surface area contributed by atoms with Gasteiger partial charge in [-0.15, -0.1) is 0 Å². The summed E-state index contributed by atoms with van der Waals surface area (Å²) in [4.78, 5) is 39.6. The number of hydrogen-bond acceptors (Lipinski definition) is 4. The van der Waals surface area contributed by atoms with Crippen molar-refractivity contribution < 1.29 is 32.3 Å². The molecule has 3 fully saturated rings. The van der Waals surface area contributed by atoms with Crippen molar-refractivity contribution in [3.8, 4) is 5.75 Å². The molecular weight excluding hydrogens is 401 g/mol. The molecule has 0 unspecified atom stereocenters. The van der Waals surface area contributed by atoms with Gasteiger partial charge in [-0.05, 0) is 54.4 Å². The minimum atomic E-state index is -5.15. The van der Waals surface area contributed by atoms with Gasteiger partial charge in [0.15, 0.2) is 0 Å². The Bertz CT molecular complexity index is 922. The molecule has 1 aromatic rings. The Morgan fingerprint density at radius 2 is 1.60 bits per heavy atom. The van der Waals surface area contributed by atoms with Gasteiger partial charge in [-0.2, -0.15) is 13.2 Å². The summed E-state index contributed by atoms with van der Waals surface area (Å²) in [5.41, 5.74) is -0.0717. The largest absolute Gasteiger partial charge is 0.497 e. The topological polar surface area (TPSA) is 66.9 Å². The molecule has 5 aliphatic rings. The second kappa shape index (κ2) is 6.33. The highest BCUT2D eigenvalue weighted by Crippen LogP contribution is 2.65. The third-order valence-corrected chi connectivity index (χ3v) is 6.91. The molecule has 0 N–H and O–H groups in total. The zero-order chi connectivity index (χ0) is 21.4. The number of carbonyl (C=O) groups is 3. The van der Waals surface area contributed by atoms with Gasteiger partial charge in [-0.25, -0.2) is 0 Å². The lowest BCUT2D eigenvalue weighted by molar-refractivity contribution is -0.171. The number of benzene rings is 1. The lowest BCUT2D eigenvalue weighted by Crippen LogP contribution is -2.49. The Labute approximate surface area is 170 Å². The molecule has 0 spiro atoms. The van der Waals surface area contributed by atoms with Crippen LogP contribution in [0.3, 0.4) is 0 Å². The van der Waals surface area contributed by atoms with E-state index in [0.29, 0.717) is 22.5 Å². The molecule has 1 aliphatic heterocycles. The normalized spacial score (nSPS) is 33.4. The lowest BCUT2D eigenvalue weighted by atomic mass is 9.63. The van der Waals surface area contributed by atoms with E-state index in [1.165, 1.54) is 31.4 Å². The van der Waals surface area contributed by atoms with Crippen LogP contribution in [0.2, 0.25) is 0 Å². The number of carbonyl (C=O) groups excluding carboxylic acids is 3. The van der Waals surface area contributed by atoms with E-state index in [4.69, 9.17) is 4.74 Å². The van der Waals surface area contributed by atoms with Crippen molar-refractivity contribution in [3.05, 3.63) is 36.4 Å². The number of alkyl halides is 3. The molecule has 6 rings (SSSR count). The first-order valence-electron chi connectivity index (χ1n) is 9.78. The first kappa shape index (κ1) is 19.1. The van der Waals surface area contributed by atoms with Crippen LogP contribution >= 0.6 is 0 Å². The van der Waals surface area contributed by atoms with Crippen molar-refractivity contribution in [1.82, 2.24) is 4.90 Å².